The number of hydrogen-bond donors (Lipinski definition) is 2. The minimum atomic E-state index is 0.505. The molecule has 0 saturated carbocycles. The fraction of sp³-hybridized carbons (Fsp3) is 0.111. The molecule has 0 unspecified atom stereocenters. The van der Waals surface area contributed by atoms with Gasteiger partial charge in [-0.05, 0) is 24.4 Å². The second-order valence-electron chi connectivity index (χ2n) is 2.54. The number of thiocarbonyl (C=S) groups is 2. The Balaban J connectivity index is 2.70. The summed E-state index contributed by atoms with van der Waals surface area (Å²) in [6, 6.07) is 7.26. The Morgan fingerprint density at radius 3 is 2.29 bits per heavy atom. The van der Waals surface area contributed by atoms with Crippen LogP contribution in [0.1, 0.15) is 5.56 Å². The van der Waals surface area contributed by atoms with Gasteiger partial charge in [-0.1, -0.05) is 36.0 Å². The van der Waals surface area contributed by atoms with E-state index < -0.39 is 0 Å². The normalized spacial score (nSPS) is 9.29. The van der Waals surface area contributed by atoms with Gasteiger partial charge in [0.2, 0.25) is 0 Å². The number of halogens is 1. The van der Waals surface area contributed by atoms with Crippen molar-refractivity contribution in [2.45, 2.75) is 0 Å². The van der Waals surface area contributed by atoms with Gasteiger partial charge in [0.1, 0.15) is 4.99 Å². The molecule has 14 heavy (non-hydrogen) atoms. The van der Waals surface area contributed by atoms with Gasteiger partial charge in [-0.3, -0.25) is 0 Å². The molecule has 2 nitrogen and oxygen atoms in total. The molecule has 0 bridgehead atoms. The zero-order chi connectivity index (χ0) is 10.6. The molecule has 1 aromatic carbocycles. The van der Waals surface area contributed by atoms with Crippen LogP contribution in [-0.2, 0) is 0 Å². The summed E-state index contributed by atoms with van der Waals surface area (Å²) in [5.74, 6) is 0. The van der Waals surface area contributed by atoms with Crippen molar-refractivity contribution >= 4 is 46.1 Å². The van der Waals surface area contributed by atoms with E-state index in [0.29, 0.717) is 15.1 Å². The molecule has 0 aromatic heterocycles. The van der Waals surface area contributed by atoms with E-state index in [1.807, 2.05) is 12.1 Å². The molecule has 0 aliphatic rings. The summed E-state index contributed by atoms with van der Waals surface area (Å²) < 4.78 is 0. The molecule has 0 aliphatic heterocycles. The zero-order valence-electron chi connectivity index (χ0n) is 7.50. The van der Waals surface area contributed by atoms with E-state index in [-0.39, 0.29) is 0 Å². The van der Waals surface area contributed by atoms with E-state index in [1.165, 1.54) is 0 Å². The Morgan fingerprint density at radius 2 is 1.79 bits per heavy atom. The van der Waals surface area contributed by atoms with Gasteiger partial charge in [-0.25, -0.2) is 0 Å². The highest BCUT2D eigenvalue weighted by atomic mass is 35.5. The third kappa shape index (κ3) is 3.21. The predicted molar refractivity (Wildman–Crippen MR) is 67.9 cm³/mol. The summed E-state index contributed by atoms with van der Waals surface area (Å²) >= 11 is 15.8. The van der Waals surface area contributed by atoms with Gasteiger partial charge in [0, 0.05) is 17.6 Å². The standard InChI is InChI=1S/C9H9ClN2S2/c1-11-9(14)12-8(13)6-2-4-7(10)5-3-6/h2-5H,1H3,(H2,11,12,13,14). The quantitative estimate of drug-likeness (QED) is 0.739. The number of benzene rings is 1. The second kappa shape index (κ2) is 5.24. The van der Waals surface area contributed by atoms with Crippen LogP contribution in [0.15, 0.2) is 24.3 Å². The monoisotopic (exact) mass is 244 g/mol. The van der Waals surface area contributed by atoms with Crippen LogP contribution >= 0.6 is 36.0 Å². The molecule has 0 fully saturated rings. The average molecular weight is 245 g/mol. The topological polar surface area (TPSA) is 24.1 Å². The van der Waals surface area contributed by atoms with Crippen LogP contribution in [0.2, 0.25) is 5.02 Å². The smallest absolute Gasteiger partial charge is 0.171 e. The molecular weight excluding hydrogens is 236 g/mol. The minimum absolute atomic E-state index is 0.505. The Hall–Kier alpha value is -0.710. The molecule has 74 valence electrons. The SMILES string of the molecule is CNC(=S)NC(=S)c1ccc(Cl)cc1. The lowest BCUT2D eigenvalue weighted by atomic mass is 10.2. The summed E-state index contributed by atoms with van der Waals surface area (Å²) in [4.78, 5) is 0.584. The summed E-state index contributed by atoms with van der Waals surface area (Å²) in [6.07, 6.45) is 0. The van der Waals surface area contributed by atoms with Gasteiger partial charge in [-0.15, -0.1) is 0 Å². The first-order valence-corrected chi connectivity index (χ1v) is 5.11. The van der Waals surface area contributed by atoms with Crippen LogP contribution in [0.25, 0.3) is 0 Å². The predicted octanol–water partition coefficient (Wildman–Crippen LogP) is 2.11. The first kappa shape index (κ1) is 11.4. The second-order valence-corrected chi connectivity index (χ2v) is 3.79. The fourth-order valence-corrected chi connectivity index (χ4v) is 1.37. The summed E-state index contributed by atoms with van der Waals surface area (Å²) in [5.41, 5.74) is 0.891. The molecule has 0 atom stereocenters. The summed E-state index contributed by atoms with van der Waals surface area (Å²) in [5, 5.41) is 6.85. The largest absolute Gasteiger partial charge is 0.366 e. The van der Waals surface area contributed by atoms with E-state index in [1.54, 1.807) is 19.2 Å². The molecular formula is C9H9ClN2S2. The van der Waals surface area contributed by atoms with Crippen molar-refractivity contribution in [3.8, 4) is 0 Å². The van der Waals surface area contributed by atoms with Crippen LogP contribution < -0.4 is 10.6 Å². The Morgan fingerprint density at radius 1 is 1.21 bits per heavy atom. The van der Waals surface area contributed by atoms with E-state index in [2.05, 4.69) is 10.6 Å². The molecule has 0 radical (unpaired) electrons. The molecule has 5 heteroatoms. The van der Waals surface area contributed by atoms with Crippen LogP contribution in [0.4, 0.5) is 0 Å². The maximum Gasteiger partial charge on any atom is 0.171 e. The minimum Gasteiger partial charge on any atom is -0.366 e. The molecule has 1 rings (SSSR count). The Labute approximate surface area is 98.6 Å². The van der Waals surface area contributed by atoms with Crippen molar-refractivity contribution in [2.24, 2.45) is 0 Å². The van der Waals surface area contributed by atoms with Crippen LogP contribution in [0.5, 0.6) is 0 Å². The van der Waals surface area contributed by atoms with Gasteiger partial charge in [-0.2, -0.15) is 0 Å². The van der Waals surface area contributed by atoms with Gasteiger partial charge < -0.3 is 10.6 Å². The molecule has 0 amide bonds. The van der Waals surface area contributed by atoms with E-state index in [9.17, 15) is 0 Å². The van der Waals surface area contributed by atoms with Crippen LogP contribution in [0, 0.1) is 0 Å². The average Bonchev–Trinajstić information content (AvgIpc) is 2.18. The Kier molecular flexibility index (Phi) is 4.25. The molecule has 2 N–H and O–H groups in total. The number of rotatable bonds is 1. The Bertz CT molecular complexity index is 348. The maximum absolute atomic E-state index is 5.75. The van der Waals surface area contributed by atoms with Crippen molar-refractivity contribution in [3.63, 3.8) is 0 Å². The van der Waals surface area contributed by atoms with E-state index in [0.717, 1.165) is 5.56 Å². The first-order valence-electron chi connectivity index (χ1n) is 3.92. The lowest BCUT2D eigenvalue weighted by Gasteiger charge is -2.08. The van der Waals surface area contributed by atoms with E-state index >= 15 is 0 Å². The maximum atomic E-state index is 5.75. The summed E-state index contributed by atoms with van der Waals surface area (Å²) in [7, 11) is 1.74. The zero-order valence-corrected chi connectivity index (χ0v) is 9.89. The molecule has 0 saturated heterocycles. The lowest BCUT2D eigenvalue weighted by molar-refractivity contribution is 1.14. The van der Waals surface area contributed by atoms with Crippen molar-refractivity contribution in [1.29, 1.82) is 0 Å². The van der Waals surface area contributed by atoms with Crippen molar-refractivity contribution in [3.05, 3.63) is 34.9 Å². The fourth-order valence-electron chi connectivity index (χ4n) is 0.839. The first-order chi connectivity index (χ1) is 6.63. The van der Waals surface area contributed by atoms with Crippen LogP contribution in [0.3, 0.4) is 0 Å². The third-order valence-electron chi connectivity index (χ3n) is 1.56. The number of nitrogens with one attached hydrogen (secondary N) is 2. The highest BCUT2D eigenvalue weighted by Crippen LogP contribution is 2.09. The van der Waals surface area contributed by atoms with Crippen molar-refractivity contribution < 1.29 is 0 Å². The highest BCUT2D eigenvalue weighted by molar-refractivity contribution is 7.82. The van der Waals surface area contributed by atoms with Crippen molar-refractivity contribution in [1.82, 2.24) is 10.6 Å². The van der Waals surface area contributed by atoms with Gasteiger partial charge in [0.15, 0.2) is 5.11 Å². The van der Waals surface area contributed by atoms with Crippen LogP contribution in [-0.4, -0.2) is 17.1 Å². The number of hydrogen-bond acceptors (Lipinski definition) is 2. The molecule has 1 aromatic rings. The van der Waals surface area contributed by atoms with E-state index in [4.69, 9.17) is 36.0 Å². The van der Waals surface area contributed by atoms with Gasteiger partial charge in [0.25, 0.3) is 0 Å². The van der Waals surface area contributed by atoms with Gasteiger partial charge in [0.05, 0.1) is 0 Å². The molecule has 0 aliphatic carbocycles. The third-order valence-corrected chi connectivity index (χ3v) is 2.46. The molecule has 0 spiro atoms. The van der Waals surface area contributed by atoms with Crippen molar-refractivity contribution in [2.75, 3.05) is 7.05 Å². The lowest BCUT2D eigenvalue weighted by Crippen LogP contribution is -2.36. The highest BCUT2D eigenvalue weighted by Gasteiger charge is 2.01. The molecule has 0 heterocycles. The summed E-state index contributed by atoms with van der Waals surface area (Å²) in [6.45, 7) is 0. The van der Waals surface area contributed by atoms with Gasteiger partial charge >= 0.3 is 0 Å².